The number of methoxy groups -OCH3 is 2. The van der Waals surface area contributed by atoms with Gasteiger partial charge in [-0.05, 0) is 78.6 Å². The van der Waals surface area contributed by atoms with Crippen LogP contribution in [0.2, 0.25) is 0 Å². The number of benzene rings is 3. The zero-order valence-electron chi connectivity index (χ0n) is 19.8. The van der Waals surface area contributed by atoms with Crippen molar-refractivity contribution < 1.29 is 29.3 Å². The van der Waals surface area contributed by atoms with E-state index in [9.17, 15) is 9.59 Å². The maximum Gasteiger partial charge on any atom is 0.335 e. The molecular weight excluding hydrogens is 420 g/mol. The second-order valence-corrected chi connectivity index (χ2v) is 8.11. The van der Waals surface area contributed by atoms with Crippen LogP contribution in [0.4, 0.5) is 0 Å². The van der Waals surface area contributed by atoms with Gasteiger partial charge in [-0.15, -0.1) is 0 Å². The molecular formula is C27H30O6. The second kappa shape index (κ2) is 10.7. The van der Waals surface area contributed by atoms with Crippen molar-refractivity contribution in [2.75, 3.05) is 14.2 Å². The van der Waals surface area contributed by atoms with Crippen molar-refractivity contribution in [2.45, 2.75) is 33.1 Å². The van der Waals surface area contributed by atoms with Crippen molar-refractivity contribution in [1.82, 2.24) is 0 Å². The van der Waals surface area contributed by atoms with E-state index in [2.05, 4.69) is 52.0 Å². The van der Waals surface area contributed by atoms with Gasteiger partial charge in [0.05, 0.1) is 25.3 Å². The standard InChI is InChI=1S/C19H24O2.C8H6O4/c1-13-14(2)18(21-6)12-11-17(13)19(3,4)15-7-9-16(20-5)10-8-15;9-7(10)5-1-2-6(4-3-5)8(11)12/h7-12H,1-6H3;1-4H,(H,9,10)(H,11,12). The molecule has 0 saturated heterocycles. The highest BCUT2D eigenvalue weighted by molar-refractivity contribution is 5.91. The average molecular weight is 451 g/mol. The molecule has 2 N–H and O–H groups in total. The van der Waals surface area contributed by atoms with E-state index in [1.54, 1.807) is 14.2 Å². The Morgan fingerprint density at radius 2 is 1.18 bits per heavy atom. The maximum absolute atomic E-state index is 10.3. The average Bonchev–Trinajstić information content (AvgIpc) is 2.81. The summed E-state index contributed by atoms with van der Waals surface area (Å²) in [6, 6.07) is 17.6. The van der Waals surface area contributed by atoms with Crippen molar-refractivity contribution in [3.05, 3.63) is 94.0 Å². The Bertz CT molecular complexity index is 1080. The first-order chi connectivity index (χ1) is 15.5. The lowest BCUT2D eigenvalue weighted by atomic mass is 9.75. The summed E-state index contributed by atoms with van der Waals surface area (Å²) in [6.45, 7) is 8.78. The lowest BCUT2D eigenvalue weighted by molar-refractivity contribution is 0.0681. The maximum atomic E-state index is 10.3. The molecule has 33 heavy (non-hydrogen) atoms. The van der Waals surface area contributed by atoms with E-state index in [-0.39, 0.29) is 16.5 Å². The quantitative estimate of drug-likeness (QED) is 0.498. The van der Waals surface area contributed by atoms with E-state index in [4.69, 9.17) is 19.7 Å². The Labute approximate surface area is 194 Å². The van der Waals surface area contributed by atoms with Crippen LogP contribution in [0.25, 0.3) is 0 Å². The minimum absolute atomic E-state index is 0.0621. The normalized spacial score (nSPS) is 10.6. The molecule has 6 heteroatoms. The SMILES string of the molecule is COc1ccc(C(C)(C)c2ccc(OC)c(C)c2C)cc1.O=C(O)c1ccc(C(=O)O)cc1. The zero-order valence-corrected chi connectivity index (χ0v) is 19.8. The summed E-state index contributed by atoms with van der Waals surface area (Å²) in [5.41, 5.74) is 5.20. The fraction of sp³-hybridized carbons (Fsp3) is 0.259. The van der Waals surface area contributed by atoms with Gasteiger partial charge in [0.25, 0.3) is 0 Å². The van der Waals surface area contributed by atoms with Crippen LogP contribution in [0.1, 0.15) is 56.8 Å². The molecule has 0 aliphatic heterocycles. The Hall–Kier alpha value is -3.80. The first-order valence-corrected chi connectivity index (χ1v) is 10.4. The van der Waals surface area contributed by atoms with Crippen LogP contribution in [0.5, 0.6) is 11.5 Å². The first-order valence-electron chi connectivity index (χ1n) is 10.4. The van der Waals surface area contributed by atoms with Gasteiger partial charge in [0.2, 0.25) is 0 Å². The van der Waals surface area contributed by atoms with Crippen molar-refractivity contribution in [3.8, 4) is 11.5 Å². The van der Waals surface area contributed by atoms with Gasteiger partial charge in [0, 0.05) is 5.41 Å². The summed E-state index contributed by atoms with van der Waals surface area (Å²) >= 11 is 0. The fourth-order valence-electron chi connectivity index (χ4n) is 3.61. The minimum atomic E-state index is -1.06. The van der Waals surface area contributed by atoms with Gasteiger partial charge in [0.15, 0.2) is 0 Å². The van der Waals surface area contributed by atoms with Crippen LogP contribution >= 0.6 is 0 Å². The number of carboxylic acids is 2. The van der Waals surface area contributed by atoms with Crippen LogP contribution < -0.4 is 9.47 Å². The molecule has 3 rings (SSSR count). The predicted molar refractivity (Wildman–Crippen MR) is 128 cm³/mol. The molecule has 0 aromatic heterocycles. The summed E-state index contributed by atoms with van der Waals surface area (Å²) in [5, 5.41) is 16.9. The van der Waals surface area contributed by atoms with Gasteiger partial charge in [-0.3, -0.25) is 0 Å². The Morgan fingerprint density at radius 3 is 1.58 bits per heavy atom. The zero-order chi connectivity index (χ0) is 24.8. The molecule has 0 bridgehead atoms. The molecule has 0 radical (unpaired) electrons. The van der Waals surface area contributed by atoms with E-state index in [0.717, 1.165) is 11.5 Å². The molecule has 0 heterocycles. The molecule has 0 unspecified atom stereocenters. The van der Waals surface area contributed by atoms with E-state index < -0.39 is 11.9 Å². The topological polar surface area (TPSA) is 93.1 Å². The monoisotopic (exact) mass is 450 g/mol. The summed E-state index contributed by atoms with van der Waals surface area (Å²) in [7, 11) is 3.41. The largest absolute Gasteiger partial charge is 0.497 e. The highest BCUT2D eigenvalue weighted by Crippen LogP contribution is 2.37. The molecule has 174 valence electrons. The lowest BCUT2D eigenvalue weighted by Crippen LogP contribution is -2.20. The van der Waals surface area contributed by atoms with Gasteiger partial charge in [-0.1, -0.05) is 32.0 Å². The van der Waals surface area contributed by atoms with Crippen LogP contribution in [0, 0.1) is 13.8 Å². The van der Waals surface area contributed by atoms with E-state index in [1.165, 1.54) is 46.5 Å². The van der Waals surface area contributed by atoms with Crippen molar-refractivity contribution in [1.29, 1.82) is 0 Å². The van der Waals surface area contributed by atoms with Gasteiger partial charge in [0.1, 0.15) is 11.5 Å². The smallest absolute Gasteiger partial charge is 0.335 e. The van der Waals surface area contributed by atoms with E-state index in [0.29, 0.717) is 0 Å². The third kappa shape index (κ3) is 5.92. The Balaban J connectivity index is 0.000000273. The Morgan fingerprint density at radius 1 is 0.697 bits per heavy atom. The Kier molecular flexibility index (Phi) is 8.24. The minimum Gasteiger partial charge on any atom is -0.497 e. The molecule has 0 aliphatic rings. The third-order valence-electron chi connectivity index (χ3n) is 5.82. The number of rotatable bonds is 6. The number of aromatic carboxylic acids is 2. The predicted octanol–water partition coefficient (Wildman–Crippen LogP) is 5.73. The molecule has 3 aromatic carbocycles. The van der Waals surface area contributed by atoms with Crippen LogP contribution in [0.3, 0.4) is 0 Å². The molecule has 0 aliphatic carbocycles. The van der Waals surface area contributed by atoms with Gasteiger partial charge >= 0.3 is 11.9 Å². The fourth-order valence-corrected chi connectivity index (χ4v) is 3.61. The summed E-state index contributed by atoms with van der Waals surface area (Å²) in [4.78, 5) is 20.7. The van der Waals surface area contributed by atoms with Crippen LogP contribution in [-0.4, -0.2) is 36.4 Å². The van der Waals surface area contributed by atoms with Gasteiger partial charge < -0.3 is 19.7 Å². The van der Waals surface area contributed by atoms with Crippen LogP contribution in [-0.2, 0) is 5.41 Å². The molecule has 0 atom stereocenters. The van der Waals surface area contributed by atoms with Crippen molar-refractivity contribution in [3.63, 3.8) is 0 Å². The summed E-state index contributed by atoms with van der Waals surface area (Å²) in [6.07, 6.45) is 0. The van der Waals surface area contributed by atoms with Crippen molar-refractivity contribution in [2.24, 2.45) is 0 Å². The number of hydrogen-bond acceptors (Lipinski definition) is 4. The molecule has 0 fully saturated rings. The molecule has 0 saturated carbocycles. The lowest BCUT2D eigenvalue weighted by Gasteiger charge is -2.29. The second-order valence-electron chi connectivity index (χ2n) is 8.11. The molecule has 0 spiro atoms. The number of ether oxygens (including phenoxy) is 2. The number of carbonyl (C=O) groups is 2. The highest BCUT2D eigenvalue weighted by Gasteiger charge is 2.26. The summed E-state index contributed by atoms with van der Waals surface area (Å²) in [5.74, 6) is -0.294. The van der Waals surface area contributed by atoms with Gasteiger partial charge in [-0.2, -0.15) is 0 Å². The highest BCUT2D eigenvalue weighted by atomic mass is 16.5. The van der Waals surface area contributed by atoms with Gasteiger partial charge in [-0.25, -0.2) is 9.59 Å². The first kappa shape index (κ1) is 25.5. The number of carboxylic acid groups (broad SMARTS) is 2. The molecule has 0 amide bonds. The molecule has 3 aromatic rings. The summed E-state index contributed by atoms with van der Waals surface area (Å²) < 4.78 is 10.7. The van der Waals surface area contributed by atoms with Crippen molar-refractivity contribution >= 4 is 11.9 Å². The van der Waals surface area contributed by atoms with E-state index in [1.807, 2.05) is 12.1 Å². The molecule has 6 nitrogen and oxygen atoms in total. The third-order valence-corrected chi connectivity index (χ3v) is 5.82. The number of hydrogen-bond donors (Lipinski definition) is 2. The van der Waals surface area contributed by atoms with Crippen LogP contribution in [0.15, 0.2) is 60.7 Å². The van der Waals surface area contributed by atoms with E-state index >= 15 is 0 Å².